The van der Waals surface area contributed by atoms with Crippen molar-refractivity contribution in [3.63, 3.8) is 0 Å². The first kappa shape index (κ1) is 11.4. The molecule has 1 N–H and O–H groups in total. The summed E-state index contributed by atoms with van der Waals surface area (Å²) < 4.78 is 2.17. The van der Waals surface area contributed by atoms with Crippen molar-refractivity contribution in [2.24, 2.45) is 0 Å². The summed E-state index contributed by atoms with van der Waals surface area (Å²) in [6.07, 6.45) is -0.341. The molecule has 88 valence electrons. The molecule has 0 spiro atoms. The number of aliphatic hydroxyl groups excluding tert-OH is 1. The SMILES string of the molecule is OC(CBr)CN1Sc2cccc3cccc1c23. The van der Waals surface area contributed by atoms with Crippen molar-refractivity contribution in [3.05, 3.63) is 36.4 Å². The Labute approximate surface area is 113 Å². The summed E-state index contributed by atoms with van der Waals surface area (Å²) in [5.74, 6) is 0. The van der Waals surface area contributed by atoms with Gasteiger partial charge in [-0.25, -0.2) is 0 Å². The Morgan fingerprint density at radius 3 is 2.76 bits per heavy atom. The number of rotatable bonds is 3. The van der Waals surface area contributed by atoms with Gasteiger partial charge in [0, 0.05) is 15.6 Å². The van der Waals surface area contributed by atoms with E-state index in [9.17, 15) is 5.11 Å². The molecule has 2 nitrogen and oxygen atoms in total. The van der Waals surface area contributed by atoms with Crippen LogP contribution in [0, 0.1) is 0 Å². The highest BCUT2D eigenvalue weighted by atomic mass is 79.9. The zero-order valence-electron chi connectivity index (χ0n) is 9.14. The summed E-state index contributed by atoms with van der Waals surface area (Å²) >= 11 is 5.02. The minimum atomic E-state index is -0.341. The average molecular weight is 310 g/mol. The Hall–Kier alpha value is -0.710. The number of hydrogen-bond acceptors (Lipinski definition) is 3. The van der Waals surface area contributed by atoms with Crippen molar-refractivity contribution in [2.75, 3.05) is 16.2 Å². The molecule has 1 aliphatic rings. The quantitative estimate of drug-likeness (QED) is 0.694. The smallest absolute Gasteiger partial charge is 0.0822 e. The maximum absolute atomic E-state index is 9.75. The van der Waals surface area contributed by atoms with Crippen LogP contribution in [-0.4, -0.2) is 23.1 Å². The molecule has 0 saturated heterocycles. The Balaban J connectivity index is 2.04. The molecular weight excluding hydrogens is 298 g/mol. The van der Waals surface area contributed by atoms with Gasteiger partial charge in [-0.2, -0.15) is 0 Å². The number of hydrogen-bond donors (Lipinski definition) is 1. The molecule has 0 amide bonds. The number of β-amino-alcohol motifs (C(OH)–C–C–N with tert-alkyl or cyclic N) is 1. The van der Waals surface area contributed by atoms with Gasteiger partial charge in [-0.05, 0) is 29.5 Å². The van der Waals surface area contributed by atoms with E-state index in [4.69, 9.17) is 0 Å². The van der Waals surface area contributed by atoms with E-state index in [1.807, 2.05) is 0 Å². The lowest BCUT2D eigenvalue weighted by atomic mass is 10.1. The monoisotopic (exact) mass is 309 g/mol. The summed E-state index contributed by atoms with van der Waals surface area (Å²) in [6, 6.07) is 12.7. The first-order valence-corrected chi connectivity index (χ1v) is 7.40. The van der Waals surface area contributed by atoms with E-state index in [1.165, 1.54) is 21.4 Å². The molecule has 2 aromatic rings. The molecule has 1 aliphatic heterocycles. The number of aliphatic hydroxyl groups is 1. The zero-order valence-corrected chi connectivity index (χ0v) is 11.5. The third-order valence-corrected chi connectivity index (χ3v) is 4.73. The fourth-order valence-corrected chi connectivity index (χ4v) is 3.51. The predicted octanol–water partition coefficient (Wildman–Crippen LogP) is 3.42. The van der Waals surface area contributed by atoms with Gasteiger partial charge in [-0.1, -0.05) is 40.2 Å². The Morgan fingerprint density at radius 2 is 2.00 bits per heavy atom. The third-order valence-electron chi connectivity index (χ3n) is 2.88. The molecule has 1 unspecified atom stereocenters. The van der Waals surface area contributed by atoms with E-state index in [0.29, 0.717) is 11.9 Å². The van der Waals surface area contributed by atoms with Gasteiger partial charge in [0.05, 0.1) is 18.3 Å². The van der Waals surface area contributed by atoms with Crippen LogP contribution >= 0.6 is 27.9 Å². The first-order chi connectivity index (χ1) is 8.29. The maximum Gasteiger partial charge on any atom is 0.0822 e. The fraction of sp³-hybridized carbons (Fsp3) is 0.231. The standard InChI is InChI=1S/C13H12BrNOS/c14-7-10(16)8-15-11-5-1-3-9-4-2-6-12(17-15)13(9)11/h1-6,10,16H,7-8H2. The molecule has 1 heterocycles. The van der Waals surface area contributed by atoms with Crippen LogP contribution in [0.3, 0.4) is 0 Å². The minimum Gasteiger partial charge on any atom is -0.390 e. The molecule has 0 aromatic heterocycles. The molecule has 4 heteroatoms. The molecule has 0 aliphatic carbocycles. The van der Waals surface area contributed by atoms with Gasteiger partial charge >= 0.3 is 0 Å². The Morgan fingerprint density at radius 1 is 1.24 bits per heavy atom. The minimum absolute atomic E-state index is 0.341. The van der Waals surface area contributed by atoms with Crippen molar-refractivity contribution >= 4 is 44.3 Å². The summed E-state index contributed by atoms with van der Waals surface area (Å²) in [5.41, 5.74) is 1.21. The van der Waals surface area contributed by atoms with Crippen molar-refractivity contribution in [1.29, 1.82) is 0 Å². The summed E-state index contributed by atoms with van der Waals surface area (Å²) in [5, 5.41) is 12.9. The second kappa shape index (κ2) is 4.52. The zero-order chi connectivity index (χ0) is 11.8. The van der Waals surface area contributed by atoms with Gasteiger partial charge in [0.1, 0.15) is 0 Å². The predicted molar refractivity (Wildman–Crippen MR) is 77.0 cm³/mol. The number of anilines is 1. The Bertz CT molecular complexity index is 555. The summed E-state index contributed by atoms with van der Waals surface area (Å²) in [6.45, 7) is 0.643. The lowest BCUT2D eigenvalue weighted by Gasteiger charge is -2.20. The van der Waals surface area contributed by atoms with Crippen molar-refractivity contribution in [2.45, 2.75) is 11.0 Å². The molecule has 1 atom stereocenters. The van der Waals surface area contributed by atoms with Gasteiger partial charge in [0.25, 0.3) is 0 Å². The van der Waals surface area contributed by atoms with Gasteiger partial charge in [0.15, 0.2) is 0 Å². The number of nitrogens with zero attached hydrogens (tertiary/aromatic N) is 1. The second-order valence-electron chi connectivity index (χ2n) is 4.09. The normalized spacial score (nSPS) is 15.5. The van der Waals surface area contributed by atoms with Crippen molar-refractivity contribution in [1.82, 2.24) is 0 Å². The highest BCUT2D eigenvalue weighted by Gasteiger charge is 2.23. The van der Waals surface area contributed by atoms with E-state index >= 15 is 0 Å². The molecule has 3 rings (SSSR count). The van der Waals surface area contributed by atoms with Crippen LogP contribution in [0.15, 0.2) is 41.3 Å². The lowest BCUT2D eigenvalue weighted by molar-refractivity contribution is 0.211. The van der Waals surface area contributed by atoms with Crippen molar-refractivity contribution in [3.8, 4) is 0 Å². The first-order valence-electron chi connectivity index (χ1n) is 5.51. The van der Waals surface area contributed by atoms with Gasteiger partial charge in [-0.3, -0.25) is 0 Å². The number of halogens is 1. The van der Waals surface area contributed by atoms with Gasteiger partial charge in [-0.15, -0.1) is 0 Å². The lowest BCUT2D eigenvalue weighted by Crippen LogP contribution is -2.26. The van der Waals surface area contributed by atoms with Gasteiger partial charge < -0.3 is 9.41 Å². The largest absolute Gasteiger partial charge is 0.390 e. The Kier molecular flexibility index (Phi) is 3.03. The second-order valence-corrected chi connectivity index (χ2v) is 5.80. The van der Waals surface area contributed by atoms with Crippen LogP contribution in [-0.2, 0) is 0 Å². The van der Waals surface area contributed by atoms with Crippen LogP contribution in [0.4, 0.5) is 5.69 Å². The molecule has 0 fully saturated rings. The summed E-state index contributed by atoms with van der Waals surface area (Å²) in [4.78, 5) is 1.28. The number of alkyl halides is 1. The van der Waals surface area contributed by atoms with Crippen LogP contribution in [0.25, 0.3) is 10.8 Å². The van der Waals surface area contributed by atoms with Gasteiger partial charge in [0.2, 0.25) is 0 Å². The molecular formula is C13H12BrNOS. The van der Waals surface area contributed by atoms with E-state index in [-0.39, 0.29) is 6.10 Å². The summed E-state index contributed by atoms with van der Waals surface area (Å²) in [7, 11) is 0. The highest BCUT2D eigenvalue weighted by molar-refractivity contribution is 9.09. The fourth-order valence-electron chi connectivity index (χ4n) is 2.11. The number of benzene rings is 2. The molecule has 0 saturated carbocycles. The molecule has 0 bridgehead atoms. The van der Waals surface area contributed by atoms with E-state index < -0.39 is 0 Å². The maximum atomic E-state index is 9.75. The molecule has 17 heavy (non-hydrogen) atoms. The van der Waals surface area contributed by atoms with Crippen LogP contribution in [0.2, 0.25) is 0 Å². The van der Waals surface area contributed by atoms with Crippen LogP contribution in [0.1, 0.15) is 0 Å². The van der Waals surface area contributed by atoms with E-state index in [0.717, 1.165) is 0 Å². The molecule has 0 radical (unpaired) electrons. The van der Waals surface area contributed by atoms with Crippen LogP contribution < -0.4 is 4.31 Å². The average Bonchev–Trinajstić information content (AvgIpc) is 2.70. The molecule has 2 aromatic carbocycles. The van der Waals surface area contributed by atoms with E-state index in [1.54, 1.807) is 11.9 Å². The van der Waals surface area contributed by atoms with E-state index in [2.05, 4.69) is 56.6 Å². The van der Waals surface area contributed by atoms with Crippen molar-refractivity contribution < 1.29 is 5.11 Å². The van der Waals surface area contributed by atoms with Crippen LogP contribution in [0.5, 0.6) is 0 Å². The highest BCUT2D eigenvalue weighted by Crippen LogP contribution is 2.45. The third kappa shape index (κ3) is 1.94. The topological polar surface area (TPSA) is 23.5 Å².